The predicted molar refractivity (Wildman–Crippen MR) is 46.3 cm³/mol. The van der Waals surface area contributed by atoms with Crippen molar-refractivity contribution in [3.8, 4) is 0 Å². The highest BCUT2D eigenvalue weighted by molar-refractivity contribution is 5.55. The Kier molecular flexibility index (Phi) is 2.69. The number of aldehydes is 1. The maximum absolute atomic E-state index is 10.7. The third-order valence-corrected chi connectivity index (χ3v) is 3.25. The van der Waals surface area contributed by atoms with Crippen LogP contribution in [0.2, 0.25) is 0 Å². The molecule has 0 heterocycles. The summed E-state index contributed by atoms with van der Waals surface area (Å²) in [5, 5.41) is 0. The Morgan fingerprint density at radius 2 is 2.00 bits per heavy atom. The van der Waals surface area contributed by atoms with Gasteiger partial charge in [0.25, 0.3) is 0 Å². The summed E-state index contributed by atoms with van der Waals surface area (Å²) >= 11 is 0. The molecule has 64 valence electrons. The Labute approximate surface area is 69.2 Å². The van der Waals surface area contributed by atoms with Gasteiger partial charge in [-0.3, -0.25) is 0 Å². The maximum atomic E-state index is 10.7. The van der Waals surface area contributed by atoms with Crippen molar-refractivity contribution in [2.24, 2.45) is 23.7 Å². The topological polar surface area (TPSA) is 17.1 Å². The van der Waals surface area contributed by atoms with E-state index in [2.05, 4.69) is 20.8 Å². The molecule has 0 amide bonds. The maximum Gasteiger partial charge on any atom is 0.123 e. The lowest BCUT2D eigenvalue weighted by Gasteiger charge is -2.17. The fourth-order valence-electron chi connectivity index (χ4n) is 2.63. The van der Waals surface area contributed by atoms with Crippen molar-refractivity contribution in [2.45, 2.75) is 33.6 Å². The number of carbonyl (C=O) groups is 1. The van der Waals surface area contributed by atoms with Crippen molar-refractivity contribution in [3.05, 3.63) is 0 Å². The van der Waals surface area contributed by atoms with Gasteiger partial charge in [0.15, 0.2) is 0 Å². The molecule has 0 radical (unpaired) electrons. The van der Waals surface area contributed by atoms with Crippen LogP contribution in [-0.2, 0) is 4.79 Å². The van der Waals surface area contributed by atoms with Crippen molar-refractivity contribution in [2.75, 3.05) is 0 Å². The summed E-state index contributed by atoms with van der Waals surface area (Å²) in [6.45, 7) is 6.66. The fourth-order valence-corrected chi connectivity index (χ4v) is 2.63. The van der Waals surface area contributed by atoms with E-state index in [0.717, 1.165) is 12.3 Å². The van der Waals surface area contributed by atoms with Gasteiger partial charge in [0.1, 0.15) is 6.29 Å². The van der Waals surface area contributed by atoms with Crippen LogP contribution in [-0.4, -0.2) is 6.29 Å². The minimum Gasteiger partial charge on any atom is -0.303 e. The highest BCUT2D eigenvalue weighted by atomic mass is 16.1. The minimum atomic E-state index is 0.343. The molecule has 0 N–H and O–H groups in total. The molecule has 11 heavy (non-hydrogen) atoms. The summed E-state index contributed by atoms with van der Waals surface area (Å²) in [4.78, 5) is 10.7. The molecule has 1 unspecified atom stereocenters. The molecule has 0 aromatic rings. The lowest BCUT2D eigenvalue weighted by molar-refractivity contribution is -0.113. The summed E-state index contributed by atoms with van der Waals surface area (Å²) in [6.07, 6.45) is 3.57. The molecule has 1 aliphatic rings. The van der Waals surface area contributed by atoms with Crippen LogP contribution in [0.5, 0.6) is 0 Å². The average molecular weight is 154 g/mol. The SMILES string of the molecule is CC[C@H]1C(C=O)[C@H](C)C[C@@H]1C. The summed E-state index contributed by atoms with van der Waals surface area (Å²) in [7, 11) is 0. The standard InChI is InChI=1S/C10H18O/c1-4-9-7(2)5-8(3)10(9)6-11/h6-10H,4-5H2,1-3H3/t7-,8+,9+,10?/m0/s1. The Morgan fingerprint density at radius 3 is 2.36 bits per heavy atom. The van der Waals surface area contributed by atoms with Crippen LogP contribution in [0.3, 0.4) is 0 Å². The molecule has 0 saturated heterocycles. The lowest BCUT2D eigenvalue weighted by atomic mass is 9.87. The van der Waals surface area contributed by atoms with Crippen molar-refractivity contribution in [3.63, 3.8) is 0 Å². The van der Waals surface area contributed by atoms with Gasteiger partial charge in [-0.2, -0.15) is 0 Å². The summed E-state index contributed by atoms with van der Waals surface area (Å²) in [5.74, 6) is 2.37. The third kappa shape index (κ3) is 1.47. The Bertz CT molecular complexity index is 142. The average Bonchev–Trinajstić information content (AvgIpc) is 2.24. The molecule has 1 heteroatoms. The van der Waals surface area contributed by atoms with E-state index in [4.69, 9.17) is 0 Å². The van der Waals surface area contributed by atoms with Crippen LogP contribution in [0.4, 0.5) is 0 Å². The Hall–Kier alpha value is -0.330. The quantitative estimate of drug-likeness (QED) is 0.558. The molecule has 0 aromatic carbocycles. The van der Waals surface area contributed by atoms with Gasteiger partial charge in [-0.1, -0.05) is 27.2 Å². The van der Waals surface area contributed by atoms with Crippen molar-refractivity contribution >= 4 is 6.29 Å². The normalized spacial score (nSPS) is 44.3. The molecule has 0 aliphatic heterocycles. The highest BCUT2D eigenvalue weighted by Gasteiger charge is 2.36. The molecule has 1 saturated carbocycles. The monoisotopic (exact) mass is 154 g/mol. The van der Waals surface area contributed by atoms with E-state index in [9.17, 15) is 4.79 Å². The first-order chi connectivity index (χ1) is 5.20. The van der Waals surface area contributed by atoms with E-state index in [-0.39, 0.29) is 0 Å². The van der Waals surface area contributed by atoms with Crippen LogP contribution in [0.25, 0.3) is 0 Å². The van der Waals surface area contributed by atoms with Gasteiger partial charge < -0.3 is 4.79 Å². The zero-order chi connectivity index (χ0) is 8.43. The smallest absolute Gasteiger partial charge is 0.123 e. The fraction of sp³-hybridized carbons (Fsp3) is 0.900. The van der Waals surface area contributed by atoms with Gasteiger partial charge in [0.05, 0.1) is 0 Å². The second-order valence-corrected chi connectivity index (χ2v) is 3.98. The molecule has 1 nitrogen and oxygen atoms in total. The van der Waals surface area contributed by atoms with Crippen molar-refractivity contribution < 1.29 is 4.79 Å². The second kappa shape index (κ2) is 3.38. The van der Waals surface area contributed by atoms with Crippen LogP contribution >= 0.6 is 0 Å². The minimum absolute atomic E-state index is 0.343. The zero-order valence-corrected chi connectivity index (χ0v) is 7.71. The first-order valence-electron chi connectivity index (χ1n) is 4.66. The van der Waals surface area contributed by atoms with E-state index in [0.29, 0.717) is 17.8 Å². The van der Waals surface area contributed by atoms with E-state index < -0.39 is 0 Å². The van der Waals surface area contributed by atoms with Gasteiger partial charge in [-0.05, 0) is 24.2 Å². The molecule has 0 bridgehead atoms. The molecular formula is C10H18O. The lowest BCUT2D eigenvalue weighted by Crippen LogP contribution is -2.16. The van der Waals surface area contributed by atoms with Gasteiger partial charge >= 0.3 is 0 Å². The molecule has 4 atom stereocenters. The van der Waals surface area contributed by atoms with Crippen LogP contribution < -0.4 is 0 Å². The van der Waals surface area contributed by atoms with Crippen molar-refractivity contribution in [1.29, 1.82) is 0 Å². The zero-order valence-electron chi connectivity index (χ0n) is 7.71. The number of hydrogen-bond donors (Lipinski definition) is 0. The van der Waals surface area contributed by atoms with E-state index in [1.807, 2.05) is 0 Å². The highest BCUT2D eigenvalue weighted by Crippen LogP contribution is 2.41. The molecular weight excluding hydrogens is 136 g/mol. The second-order valence-electron chi connectivity index (χ2n) is 3.98. The summed E-state index contributed by atoms with van der Waals surface area (Å²) in [6, 6.07) is 0. The number of carbonyl (C=O) groups excluding carboxylic acids is 1. The number of rotatable bonds is 2. The van der Waals surface area contributed by atoms with Crippen LogP contribution in [0.15, 0.2) is 0 Å². The molecule has 1 fully saturated rings. The largest absolute Gasteiger partial charge is 0.303 e. The molecule has 0 aromatic heterocycles. The van der Waals surface area contributed by atoms with E-state index in [1.54, 1.807) is 0 Å². The third-order valence-electron chi connectivity index (χ3n) is 3.25. The van der Waals surface area contributed by atoms with Gasteiger partial charge in [-0.15, -0.1) is 0 Å². The Morgan fingerprint density at radius 1 is 1.36 bits per heavy atom. The van der Waals surface area contributed by atoms with Crippen LogP contribution in [0, 0.1) is 23.7 Å². The number of hydrogen-bond acceptors (Lipinski definition) is 1. The summed E-state index contributed by atoms with van der Waals surface area (Å²) in [5.41, 5.74) is 0. The van der Waals surface area contributed by atoms with E-state index >= 15 is 0 Å². The molecule has 1 aliphatic carbocycles. The van der Waals surface area contributed by atoms with Crippen molar-refractivity contribution in [1.82, 2.24) is 0 Å². The predicted octanol–water partition coefficient (Wildman–Crippen LogP) is 2.50. The first-order valence-corrected chi connectivity index (χ1v) is 4.66. The van der Waals surface area contributed by atoms with Gasteiger partial charge in [0, 0.05) is 5.92 Å². The molecule has 1 rings (SSSR count). The first kappa shape index (κ1) is 8.76. The van der Waals surface area contributed by atoms with Gasteiger partial charge in [0.2, 0.25) is 0 Å². The Balaban J connectivity index is 2.66. The van der Waals surface area contributed by atoms with E-state index in [1.165, 1.54) is 12.7 Å². The molecule has 0 spiro atoms. The van der Waals surface area contributed by atoms with Gasteiger partial charge in [-0.25, -0.2) is 0 Å². The summed E-state index contributed by atoms with van der Waals surface area (Å²) < 4.78 is 0. The van der Waals surface area contributed by atoms with Crippen LogP contribution in [0.1, 0.15) is 33.6 Å².